The van der Waals surface area contributed by atoms with Gasteiger partial charge in [0, 0.05) is 5.92 Å². The number of phenolic OH excluding ortho intramolecular Hbond substituents is 1. The van der Waals surface area contributed by atoms with Crippen LogP contribution in [0.2, 0.25) is 10.0 Å². The van der Waals surface area contributed by atoms with Crippen LogP contribution in [0.4, 0.5) is 14.9 Å². The Labute approximate surface area is 254 Å². The second-order valence-electron chi connectivity index (χ2n) is 11.3. The Balaban J connectivity index is 1.55. The first-order valence-corrected chi connectivity index (χ1v) is 14.2. The number of phenols is 1. The van der Waals surface area contributed by atoms with Crippen molar-refractivity contribution in [1.29, 1.82) is 0 Å². The van der Waals surface area contributed by atoms with Crippen molar-refractivity contribution in [3.63, 3.8) is 0 Å². The SMILES string of the molecule is COC(=O)N1C(=O)C2CC=C3C(CC4C(=O)N(c5ccc(F)c(Cl)c5)C(=O)C4(C)C3c3cc(Cl)c(O)c(OC)c3)C2C1=O. The number of nitrogens with zero attached hydrogens (tertiary/aromatic N) is 2. The molecule has 6 atom stereocenters. The van der Waals surface area contributed by atoms with Gasteiger partial charge in [0.25, 0.3) is 0 Å². The van der Waals surface area contributed by atoms with Gasteiger partial charge in [0.15, 0.2) is 11.5 Å². The van der Waals surface area contributed by atoms with Crippen molar-refractivity contribution in [2.45, 2.75) is 25.7 Å². The van der Waals surface area contributed by atoms with Gasteiger partial charge in [-0.1, -0.05) is 34.9 Å². The minimum atomic E-state index is -1.44. The molecule has 224 valence electrons. The molecule has 0 bridgehead atoms. The van der Waals surface area contributed by atoms with Gasteiger partial charge in [0.05, 0.1) is 53.1 Å². The van der Waals surface area contributed by atoms with E-state index in [-0.39, 0.29) is 40.1 Å². The van der Waals surface area contributed by atoms with Crippen molar-refractivity contribution in [3.05, 3.63) is 63.4 Å². The van der Waals surface area contributed by atoms with Crippen LogP contribution in [0.25, 0.3) is 0 Å². The van der Waals surface area contributed by atoms with E-state index >= 15 is 0 Å². The third-order valence-electron chi connectivity index (χ3n) is 9.40. The van der Waals surface area contributed by atoms with Gasteiger partial charge < -0.3 is 14.6 Å². The standard InChI is InChI=1S/C30H25Cl2FN2O8/c1-30-17(26(38)34(28(30)40)13-4-7-20(33)18(31)10-13)11-16-14(23(30)12-8-19(32)24(36)21(9-12)42-2)5-6-15-22(16)27(39)35(25(15)37)29(41)43-3/h4-5,7-10,15-17,22-23,36H,6,11H2,1-3H3. The van der Waals surface area contributed by atoms with Crippen LogP contribution in [-0.2, 0) is 23.9 Å². The summed E-state index contributed by atoms with van der Waals surface area (Å²) in [5.41, 5.74) is -0.303. The number of benzene rings is 2. The molecular formula is C30H25Cl2FN2O8. The number of halogens is 3. The number of hydrogen-bond acceptors (Lipinski definition) is 8. The second-order valence-corrected chi connectivity index (χ2v) is 12.1. The van der Waals surface area contributed by atoms with Crippen LogP contribution in [0.5, 0.6) is 11.5 Å². The van der Waals surface area contributed by atoms with Gasteiger partial charge in [-0.2, -0.15) is 4.90 Å². The topological polar surface area (TPSA) is 131 Å². The molecule has 3 fully saturated rings. The van der Waals surface area contributed by atoms with Crippen LogP contribution in [0.15, 0.2) is 42.0 Å². The van der Waals surface area contributed by atoms with Crippen molar-refractivity contribution >= 4 is 58.6 Å². The fraction of sp³-hybridized carbons (Fsp3) is 0.367. The molecule has 2 heterocycles. The number of imide groups is 4. The number of ether oxygens (including phenoxy) is 2. The lowest BCUT2D eigenvalue weighted by atomic mass is 9.51. The van der Waals surface area contributed by atoms with Gasteiger partial charge in [0.1, 0.15) is 5.82 Å². The number of fused-ring (bicyclic) bond motifs is 4. The number of allylic oxidation sites excluding steroid dienone is 2. The lowest BCUT2D eigenvalue weighted by Gasteiger charge is -2.49. The van der Waals surface area contributed by atoms with E-state index in [1.54, 1.807) is 13.0 Å². The summed E-state index contributed by atoms with van der Waals surface area (Å²) in [5, 5.41) is 10.1. The predicted octanol–water partition coefficient (Wildman–Crippen LogP) is 4.84. The lowest BCUT2D eigenvalue weighted by Crippen LogP contribution is -2.49. The number of amides is 5. The summed E-state index contributed by atoms with van der Waals surface area (Å²) >= 11 is 12.4. The first-order valence-electron chi connectivity index (χ1n) is 13.4. The maximum atomic E-state index is 14.4. The van der Waals surface area contributed by atoms with E-state index in [0.717, 1.165) is 18.1 Å². The van der Waals surface area contributed by atoms with E-state index in [1.807, 2.05) is 0 Å². The maximum Gasteiger partial charge on any atom is 0.423 e. The summed E-state index contributed by atoms with van der Waals surface area (Å²) in [7, 11) is 2.40. The van der Waals surface area contributed by atoms with Gasteiger partial charge in [-0.05, 0) is 61.6 Å². The zero-order valence-corrected chi connectivity index (χ0v) is 24.6. The lowest BCUT2D eigenvalue weighted by molar-refractivity contribution is -0.138. The monoisotopic (exact) mass is 630 g/mol. The molecule has 4 aliphatic rings. The minimum Gasteiger partial charge on any atom is -0.503 e. The van der Waals surface area contributed by atoms with Crippen LogP contribution in [0.1, 0.15) is 31.2 Å². The molecule has 2 saturated heterocycles. The summed E-state index contributed by atoms with van der Waals surface area (Å²) in [6.45, 7) is 1.65. The molecule has 2 aliphatic carbocycles. The van der Waals surface area contributed by atoms with Gasteiger partial charge in [0.2, 0.25) is 23.6 Å². The Morgan fingerprint density at radius 3 is 2.40 bits per heavy atom. The van der Waals surface area contributed by atoms with Crippen molar-refractivity contribution in [3.8, 4) is 11.5 Å². The van der Waals surface area contributed by atoms with E-state index in [0.29, 0.717) is 16.0 Å². The Morgan fingerprint density at radius 2 is 1.74 bits per heavy atom. The number of carbonyl (C=O) groups excluding carboxylic acids is 5. The minimum absolute atomic E-state index is 0.0208. The first-order chi connectivity index (χ1) is 20.4. The first kappa shape index (κ1) is 29.1. The van der Waals surface area contributed by atoms with Crippen LogP contribution in [0.3, 0.4) is 0 Å². The Kier molecular flexibility index (Phi) is 6.81. The number of methoxy groups -OCH3 is 2. The average Bonchev–Trinajstić information content (AvgIpc) is 3.35. The average molecular weight is 631 g/mol. The van der Waals surface area contributed by atoms with E-state index < -0.39 is 70.5 Å². The van der Waals surface area contributed by atoms with Crippen molar-refractivity contribution in [2.75, 3.05) is 19.1 Å². The van der Waals surface area contributed by atoms with E-state index in [4.69, 9.17) is 27.9 Å². The number of carbonyl (C=O) groups is 5. The number of anilines is 1. The van der Waals surface area contributed by atoms with Gasteiger partial charge in [-0.3, -0.25) is 19.2 Å². The number of rotatable bonds is 3. The molecule has 43 heavy (non-hydrogen) atoms. The predicted molar refractivity (Wildman–Crippen MR) is 150 cm³/mol. The molecule has 0 radical (unpaired) electrons. The van der Waals surface area contributed by atoms with Crippen LogP contribution in [0, 0.1) is 34.9 Å². The highest BCUT2D eigenvalue weighted by atomic mass is 35.5. The molecule has 13 heteroatoms. The summed E-state index contributed by atoms with van der Waals surface area (Å²) in [6, 6.07) is 6.52. The van der Waals surface area contributed by atoms with Gasteiger partial charge in [-0.15, -0.1) is 0 Å². The summed E-state index contributed by atoms with van der Waals surface area (Å²) in [4.78, 5) is 69.2. The number of hydrogen-bond donors (Lipinski definition) is 1. The third kappa shape index (κ3) is 3.94. The molecule has 0 aromatic heterocycles. The Hall–Kier alpha value is -3.96. The zero-order valence-electron chi connectivity index (χ0n) is 23.1. The van der Waals surface area contributed by atoms with Crippen LogP contribution >= 0.6 is 23.2 Å². The molecule has 2 aromatic carbocycles. The highest BCUT2D eigenvalue weighted by Gasteiger charge is 2.68. The Bertz CT molecular complexity index is 1680. The normalized spacial score (nSPS) is 29.7. The van der Waals surface area contributed by atoms with E-state index in [2.05, 4.69) is 4.74 Å². The summed E-state index contributed by atoms with van der Waals surface area (Å²) < 4.78 is 24.0. The molecule has 0 spiro atoms. The largest absolute Gasteiger partial charge is 0.503 e. The Morgan fingerprint density at radius 1 is 1.02 bits per heavy atom. The molecule has 2 aliphatic heterocycles. The van der Waals surface area contributed by atoms with E-state index in [9.17, 15) is 33.5 Å². The molecule has 1 saturated carbocycles. The number of likely N-dealkylation sites (tertiary alicyclic amines) is 1. The molecule has 2 aromatic rings. The molecule has 6 rings (SSSR count). The maximum absolute atomic E-state index is 14.4. The fourth-order valence-electron chi connectivity index (χ4n) is 7.45. The molecular weight excluding hydrogens is 606 g/mol. The smallest absolute Gasteiger partial charge is 0.423 e. The second kappa shape index (κ2) is 10.1. The fourth-order valence-corrected chi connectivity index (χ4v) is 7.85. The quantitative estimate of drug-likeness (QED) is 0.376. The van der Waals surface area contributed by atoms with Crippen molar-refractivity contribution in [1.82, 2.24) is 4.90 Å². The summed E-state index contributed by atoms with van der Waals surface area (Å²) in [5.74, 6) is -8.01. The molecule has 10 nitrogen and oxygen atoms in total. The third-order valence-corrected chi connectivity index (χ3v) is 9.98. The van der Waals surface area contributed by atoms with Gasteiger partial charge >= 0.3 is 6.09 Å². The highest BCUT2D eigenvalue weighted by Crippen LogP contribution is 2.64. The van der Waals surface area contributed by atoms with Gasteiger partial charge in [-0.25, -0.2) is 14.1 Å². The van der Waals surface area contributed by atoms with Crippen LogP contribution in [-0.4, -0.2) is 53.9 Å². The molecule has 5 amide bonds. The molecule has 1 N–H and O–H groups in total. The highest BCUT2D eigenvalue weighted by molar-refractivity contribution is 6.32. The van der Waals surface area contributed by atoms with Crippen molar-refractivity contribution in [2.24, 2.45) is 29.1 Å². The summed E-state index contributed by atoms with van der Waals surface area (Å²) in [6.07, 6.45) is 0.817. The number of aromatic hydroxyl groups is 1. The van der Waals surface area contributed by atoms with Crippen LogP contribution < -0.4 is 9.64 Å². The zero-order chi connectivity index (χ0) is 31.1. The van der Waals surface area contributed by atoms with E-state index in [1.165, 1.54) is 31.4 Å². The molecule has 6 unspecified atom stereocenters. The van der Waals surface area contributed by atoms with Crippen molar-refractivity contribution < 1.29 is 42.9 Å².